The molecule has 0 unspecified atom stereocenters. The van der Waals surface area contributed by atoms with Crippen LogP contribution in [0.3, 0.4) is 0 Å². The lowest BCUT2D eigenvalue weighted by atomic mass is 10.5. The number of halogens is 2. The van der Waals surface area contributed by atoms with E-state index in [1.165, 1.54) is 6.20 Å². The summed E-state index contributed by atoms with van der Waals surface area (Å²) in [6.07, 6.45) is 3.42. The van der Waals surface area contributed by atoms with E-state index in [1.54, 1.807) is 12.1 Å². The minimum Gasteiger partial charge on any atom is -0.262 e. The number of pyridine rings is 2. The molecule has 0 aliphatic carbocycles. The topological polar surface area (TPSA) is 72.0 Å². The molecule has 5 nitrogen and oxygen atoms in total. The molecule has 0 aliphatic heterocycles. The molecule has 94 valence electrons. The highest BCUT2D eigenvalue weighted by Crippen LogP contribution is 2.21. The van der Waals surface area contributed by atoms with Gasteiger partial charge in [-0.3, -0.25) is 9.71 Å². The molecule has 0 radical (unpaired) electrons. The lowest BCUT2D eigenvalue weighted by Crippen LogP contribution is -2.14. The summed E-state index contributed by atoms with van der Waals surface area (Å²) in [5, 5.41) is 0. The van der Waals surface area contributed by atoms with Crippen LogP contribution in [0.25, 0.3) is 0 Å². The number of hydrogen-bond donors (Lipinski definition) is 1. The molecule has 0 fully saturated rings. The van der Waals surface area contributed by atoms with E-state index in [1.807, 2.05) is 0 Å². The number of nitrogens with zero attached hydrogens (tertiary/aromatic N) is 2. The van der Waals surface area contributed by atoms with Gasteiger partial charge in [0.15, 0.2) is 5.82 Å². The molecular weight excluding hydrogens is 325 g/mol. The monoisotopic (exact) mass is 331 g/mol. The Hall–Kier alpha value is -1.54. The van der Waals surface area contributed by atoms with E-state index in [4.69, 9.17) is 0 Å². The second kappa shape index (κ2) is 4.99. The van der Waals surface area contributed by atoms with Crippen molar-refractivity contribution in [3.63, 3.8) is 0 Å². The maximum absolute atomic E-state index is 12.9. The summed E-state index contributed by atoms with van der Waals surface area (Å²) in [6.45, 7) is 0. The molecule has 2 aromatic heterocycles. The molecule has 0 saturated heterocycles. The fraction of sp³-hybridized carbons (Fsp3) is 0. The van der Waals surface area contributed by atoms with Crippen molar-refractivity contribution in [2.24, 2.45) is 0 Å². The highest BCUT2D eigenvalue weighted by Gasteiger charge is 2.17. The fourth-order valence-corrected chi connectivity index (χ4v) is 2.67. The highest BCUT2D eigenvalue weighted by molar-refractivity contribution is 9.10. The predicted octanol–water partition coefficient (Wildman–Crippen LogP) is 2.18. The average Bonchev–Trinajstić information content (AvgIpc) is 2.32. The van der Waals surface area contributed by atoms with Crippen LogP contribution in [0.5, 0.6) is 0 Å². The van der Waals surface area contributed by atoms with Crippen molar-refractivity contribution in [3.05, 3.63) is 47.1 Å². The van der Waals surface area contributed by atoms with E-state index in [9.17, 15) is 12.8 Å². The van der Waals surface area contributed by atoms with Gasteiger partial charge in [0.1, 0.15) is 10.7 Å². The van der Waals surface area contributed by atoms with Gasteiger partial charge in [-0.05, 0) is 34.1 Å². The van der Waals surface area contributed by atoms with Crippen LogP contribution in [-0.4, -0.2) is 18.4 Å². The Morgan fingerprint density at radius 1 is 1.33 bits per heavy atom. The van der Waals surface area contributed by atoms with E-state index in [2.05, 4.69) is 30.6 Å². The minimum absolute atomic E-state index is 0.127. The first-order chi connectivity index (χ1) is 8.49. The molecule has 0 aliphatic rings. The molecule has 2 rings (SSSR count). The molecule has 1 N–H and O–H groups in total. The van der Waals surface area contributed by atoms with Crippen molar-refractivity contribution in [2.75, 3.05) is 4.72 Å². The Balaban J connectivity index is 2.37. The van der Waals surface area contributed by atoms with E-state index in [0.29, 0.717) is 4.47 Å². The van der Waals surface area contributed by atoms with Crippen molar-refractivity contribution >= 4 is 31.8 Å². The van der Waals surface area contributed by atoms with Gasteiger partial charge < -0.3 is 0 Å². The van der Waals surface area contributed by atoms with Crippen LogP contribution in [-0.2, 0) is 10.0 Å². The molecule has 0 aromatic carbocycles. The average molecular weight is 332 g/mol. The molecule has 2 heterocycles. The summed E-state index contributed by atoms with van der Waals surface area (Å²) in [5.74, 6) is -0.597. The maximum Gasteiger partial charge on any atom is 0.264 e. The first kappa shape index (κ1) is 12.9. The molecule has 0 atom stereocenters. The normalized spacial score (nSPS) is 11.2. The van der Waals surface area contributed by atoms with Gasteiger partial charge in [-0.1, -0.05) is 0 Å². The van der Waals surface area contributed by atoms with E-state index >= 15 is 0 Å². The van der Waals surface area contributed by atoms with E-state index < -0.39 is 15.8 Å². The summed E-state index contributed by atoms with van der Waals surface area (Å²) in [4.78, 5) is 7.08. The van der Waals surface area contributed by atoms with Crippen LogP contribution in [0.2, 0.25) is 0 Å². The van der Waals surface area contributed by atoms with Gasteiger partial charge in [0.05, 0.1) is 10.7 Å². The van der Waals surface area contributed by atoms with Gasteiger partial charge in [0.2, 0.25) is 0 Å². The number of rotatable bonds is 3. The minimum atomic E-state index is -3.90. The van der Waals surface area contributed by atoms with Crippen molar-refractivity contribution in [1.29, 1.82) is 0 Å². The number of hydrogen-bond acceptors (Lipinski definition) is 4. The van der Waals surface area contributed by atoms with Gasteiger partial charge in [-0.15, -0.1) is 0 Å². The van der Waals surface area contributed by atoms with Crippen LogP contribution >= 0.6 is 15.9 Å². The molecule has 0 spiro atoms. The SMILES string of the molecule is O=S(=O)(Nc1ncccc1Br)c1cncc(F)c1. The first-order valence-corrected chi connectivity index (χ1v) is 7.00. The van der Waals surface area contributed by atoms with Crippen molar-refractivity contribution in [1.82, 2.24) is 9.97 Å². The molecule has 8 heteroatoms. The third kappa shape index (κ3) is 2.82. The number of anilines is 1. The van der Waals surface area contributed by atoms with Gasteiger partial charge >= 0.3 is 0 Å². The first-order valence-electron chi connectivity index (χ1n) is 4.73. The third-order valence-electron chi connectivity index (χ3n) is 1.98. The van der Waals surface area contributed by atoms with Crippen LogP contribution in [0.15, 0.2) is 46.2 Å². The number of nitrogens with one attached hydrogen (secondary N) is 1. The second-order valence-corrected chi connectivity index (χ2v) is 5.81. The Morgan fingerprint density at radius 3 is 2.78 bits per heavy atom. The summed E-state index contributed by atoms with van der Waals surface area (Å²) >= 11 is 3.16. The number of sulfonamides is 1. The molecular formula is C10H7BrFN3O2S. The Morgan fingerprint density at radius 2 is 2.11 bits per heavy atom. The lowest BCUT2D eigenvalue weighted by Gasteiger charge is -2.08. The summed E-state index contributed by atoms with van der Waals surface area (Å²) in [7, 11) is -3.90. The Kier molecular flexibility index (Phi) is 3.58. The molecule has 18 heavy (non-hydrogen) atoms. The Bertz CT molecular complexity index is 678. The lowest BCUT2D eigenvalue weighted by molar-refractivity contribution is 0.592. The van der Waals surface area contributed by atoms with E-state index in [-0.39, 0.29) is 10.7 Å². The van der Waals surface area contributed by atoms with Gasteiger partial charge in [0, 0.05) is 12.4 Å². The van der Waals surface area contributed by atoms with Gasteiger partial charge in [-0.25, -0.2) is 17.8 Å². The van der Waals surface area contributed by atoms with Gasteiger partial charge in [0.25, 0.3) is 10.0 Å². The predicted molar refractivity (Wildman–Crippen MR) is 66.9 cm³/mol. The zero-order valence-electron chi connectivity index (χ0n) is 8.84. The van der Waals surface area contributed by atoms with E-state index in [0.717, 1.165) is 18.5 Å². The third-order valence-corrected chi connectivity index (χ3v) is 3.93. The smallest absolute Gasteiger partial charge is 0.262 e. The van der Waals surface area contributed by atoms with Crippen molar-refractivity contribution < 1.29 is 12.8 Å². The van der Waals surface area contributed by atoms with Crippen molar-refractivity contribution in [2.45, 2.75) is 4.90 Å². The highest BCUT2D eigenvalue weighted by atomic mass is 79.9. The molecule has 2 aromatic rings. The Labute approximate surface area is 111 Å². The standard InChI is InChI=1S/C10H7BrFN3O2S/c11-9-2-1-3-14-10(9)15-18(16,17)8-4-7(12)5-13-6-8/h1-6H,(H,14,15). The van der Waals surface area contributed by atoms with Crippen LogP contribution in [0, 0.1) is 5.82 Å². The molecule has 0 saturated carbocycles. The van der Waals surface area contributed by atoms with Crippen LogP contribution in [0.4, 0.5) is 10.2 Å². The summed E-state index contributed by atoms with van der Waals surface area (Å²) < 4.78 is 39.5. The van der Waals surface area contributed by atoms with Crippen LogP contribution in [0.1, 0.15) is 0 Å². The fourth-order valence-electron chi connectivity index (χ4n) is 1.19. The van der Waals surface area contributed by atoms with Crippen LogP contribution < -0.4 is 4.72 Å². The summed E-state index contributed by atoms with van der Waals surface area (Å²) in [6, 6.07) is 4.16. The quantitative estimate of drug-likeness (QED) is 0.935. The summed E-state index contributed by atoms with van der Waals surface area (Å²) in [5.41, 5.74) is 0. The van der Waals surface area contributed by atoms with Gasteiger partial charge in [-0.2, -0.15) is 0 Å². The number of aromatic nitrogens is 2. The molecule has 0 bridgehead atoms. The zero-order chi connectivity index (χ0) is 13.2. The maximum atomic E-state index is 12.9. The van der Waals surface area contributed by atoms with Crippen molar-refractivity contribution in [3.8, 4) is 0 Å². The largest absolute Gasteiger partial charge is 0.264 e. The molecule has 0 amide bonds. The second-order valence-electron chi connectivity index (χ2n) is 3.28. The zero-order valence-corrected chi connectivity index (χ0v) is 11.2.